The molecule has 0 saturated carbocycles. The van der Waals surface area contributed by atoms with E-state index in [0.29, 0.717) is 12.1 Å². The summed E-state index contributed by atoms with van der Waals surface area (Å²) >= 11 is 5.63. The molecule has 19 heavy (non-hydrogen) atoms. The Kier molecular flexibility index (Phi) is 9.30. The van der Waals surface area contributed by atoms with Crippen LogP contribution < -0.4 is 0 Å². The Balaban J connectivity index is 0.000000344. The fourth-order valence-corrected chi connectivity index (χ4v) is 2.17. The van der Waals surface area contributed by atoms with Crippen LogP contribution in [0.2, 0.25) is 0 Å². The normalized spacial score (nSPS) is 12.0. The number of rotatable bonds is 4. The highest BCUT2D eigenvalue weighted by Gasteiger charge is 2.09. The van der Waals surface area contributed by atoms with Crippen LogP contribution in [0, 0.1) is 11.3 Å². The number of benzene rings is 1. The highest BCUT2D eigenvalue weighted by Crippen LogP contribution is 2.17. The summed E-state index contributed by atoms with van der Waals surface area (Å²) in [5, 5.41) is 7.89. The highest BCUT2D eigenvalue weighted by atomic mass is 35.5. The molecule has 0 heterocycles. The van der Waals surface area contributed by atoms with Gasteiger partial charge in [-0.15, -0.1) is 11.6 Å². The highest BCUT2D eigenvalue weighted by molar-refractivity contribution is 6.22. The molecule has 0 N–H and O–H groups in total. The lowest BCUT2D eigenvalue weighted by Crippen LogP contribution is -2.36. The summed E-state index contributed by atoms with van der Waals surface area (Å²) < 4.78 is 0. The Hall–Kier alpha value is -1.04. The first-order chi connectivity index (χ1) is 8.93. The van der Waals surface area contributed by atoms with Crippen LogP contribution in [-0.4, -0.2) is 23.5 Å². The summed E-state index contributed by atoms with van der Waals surface area (Å²) in [4.78, 5) is 2.46. The Morgan fingerprint density at radius 2 is 1.58 bits per heavy atom. The van der Waals surface area contributed by atoms with Crippen molar-refractivity contribution in [3.8, 4) is 6.07 Å². The third-order valence-corrected chi connectivity index (χ3v) is 3.25. The van der Waals surface area contributed by atoms with Gasteiger partial charge in [0.25, 0.3) is 0 Å². The fraction of sp³-hybridized carbons (Fsp3) is 0.562. The maximum Gasteiger partial charge on any atom is 0.145 e. The summed E-state index contributed by atoms with van der Waals surface area (Å²) in [6.07, 6.45) is 0. The molecule has 0 aliphatic carbocycles. The molecule has 2 nitrogen and oxygen atoms in total. The summed E-state index contributed by atoms with van der Waals surface area (Å²) in [7, 11) is 0. The molecule has 0 radical (unpaired) electrons. The van der Waals surface area contributed by atoms with Crippen LogP contribution in [0.15, 0.2) is 30.3 Å². The Bertz CT molecular complexity index is 360. The van der Waals surface area contributed by atoms with Gasteiger partial charge in [-0.2, -0.15) is 5.26 Å². The van der Waals surface area contributed by atoms with Crippen molar-refractivity contribution in [1.82, 2.24) is 4.90 Å². The quantitative estimate of drug-likeness (QED) is 0.753. The van der Waals surface area contributed by atoms with Crippen LogP contribution in [0.3, 0.4) is 0 Å². The van der Waals surface area contributed by atoms with Gasteiger partial charge in [0.2, 0.25) is 0 Å². The second-order valence-electron chi connectivity index (χ2n) is 4.92. The zero-order chi connectivity index (χ0) is 14.8. The van der Waals surface area contributed by atoms with Crippen LogP contribution >= 0.6 is 11.6 Å². The van der Waals surface area contributed by atoms with Crippen molar-refractivity contribution in [3.05, 3.63) is 35.9 Å². The van der Waals surface area contributed by atoms with E-state index in [1.807, 2.05) is 36.4 Å². The molecule has 0 bridgehead atoms. The summed E-state index contributed by atoms with van der Waals surface area (Å²) in [5.74, 6) is 0. The average Bonchev–Trinajstić information content (AvgIpc) is 2.39. The van der Waals surface area contributed by atoms with Gasteiger partial charge < -0.3 is 0 Å². The molecular weight excluding hydrogens is 256 g/mol. The predicted molar refractivity (Wildman–Crippen MR) is 83.3 cm³/mol. The predicted octanol–water partition coefficient (Wildman–Crippen LogP) is 4.62. The molecule has 0 aromatic heterocycles. The van der Waals surface area contributed by atoms with Crippen LogP contribution in [0.5, 0.6) is 0 Å². The van der Waals surface area contributed by atoms with Gasteiger partial charge in [0, 0.05) is 12.1 Å². The number of hydrogen-bond donors (Lipinski definition) is 0. The van der Waals surface area contributed by atoms with Gasteiger partial charge in [0.1, 0.15) is 5.38 Å². The van der Waals surface area contributed by atoms with E-state index in [4.69, 9.17) is 16.9 Å². The Morgan fingerprint density at radius 3 is 1.84 bits per heavy atom. The third-order valence-electron chi connectivity index (χ3n) is 2.90. The van der Waals surface area contributed by atoms with E-state index in [1.54, 1.807) is 0 Å². The molecule has 0 saturated heterocycles. The molecular formula is C16H25ClN2. The molecule has 0 amide bonds. The summed E-state index contributed by atoms with van der Waals surface area (Å²) in [5.41, 5.74) is 0.853. The maximum atomic E-state index is 8.41. The monoisotopic (exact) mass is 280 g/mol. The molecule has 0 fully saturated rings. The van der Waals surface area contributed by atoms with Gasteiger partial charge in [-0.3, -0.25) is 4.90 Å². The lowest BCUT2D eigenvalue weighted by molar-refractivity contribution is 0.185. The van der Waals surface area contributed by atoms with Crippen molar-refractivity contribution in [2.45, 2.75) is 52.1 Å². The molecule has 1 aromatic carbocycles. The minimum Gasteiger partial charge on any atom is -0.299 e. The smallest absolute Gasteiger partial charge is 0.145 e. The Morgan fingerprint density at radius 1 is 1.11 bits per heavy atom. The SMILES string of the molecule is CCN(C(C)C)C(C)C.N#CC(Cl)c1ccccc1. The third kappa shape index (κ3) is 7.20. The number of alkyl halides is 1. The number of halogens is 1. The van der Waals surface area contributed by atoms with Gasteiger partial charge in [-0.25, -0.2) is 0 Å². The van der Waals surface area contributed by atoms with E-state index in [1.165, 1.54) is 0 Å². The average molecular weight is 281 g/mol. The van der Waals surface area contributed by atoms with Gasteiger partial charge in [-0.05, 0) is 39.8 Å². The summed E-state index contributed by atoms with van der Waals surface area (Å²) in [6, 6.07) is 12.6. The Labute approximate surface area is 123 Å². The standard InChI is InChI=1S/C8H6ClN.C8H19N/c9-8(6-10)7-4-2-1-3-5-7;1-6-9(7(2)3)8(4)5/h1-5,8H;7-8H,6H2,1-5H3. The first-order valence-corrected chi connectivity index (χ1v) is 7.22. The zero-order valence-electron chi connectivity index (χ0n) is 12.6. The number of nitriles is 1. The second-order valence-corrected chi connectivity index (χ2v) is 5.36. The van der Waals surface area contributed by atoms with Gasteiger partial charge in [-0.1, -0.05) is 37.3 Å². The fourth-order valence-electron chi connectivity index (χ4n) is 2.02. The molecule has 0 aliphatic heterocycles. The lowest BCUT2D eigenvalue weighted by atomic mass is 10.2. The minimum atomic E-state index is -0.513. The molecule has 3 heteroatoms. The van der Waals surface area contributed by atoms with Gasteiger partial charge in [0.15, 0.2) is 0 Å². The van der Waals surface area contributed by atoms with Crippen LogP contribution in [0.1, 0.15) is 45.6 Å². The first-order valence-electron chi connectivity index (χ1n) is 6.78. The topological polar surface area (TPSA) is 27.0 Å². The largest absolute Gasteiger partial charge is 0.299 e. The zero-order valence-corrected chi connectivity index (χ0v) is 13.4. The van der Waals surface area contributed by atoms with Crippen LogP contribution in [0.25, 0.3) is 0 Å². The van der Waals surface area contributed by atoms with E-state index in [0.717, 1.165) is 12.1 Å². The molecule has 0 aliphatic rings. The van der Waals surface area contributed by atoms with E-state index >= 15 is 0 Å². The van der Waals surface area contributed by atoms with Crippen LogP contribution in [-0.2, 0) is 0 Å². The molecule has 1 unspecified atom stereocenters. The van der Waals surface area contributed by atoms with Crippen molar-refractivity contribution in [1.29, 1.82) is 5.26 Å². The number of nitrogens with zero attached hydrogens (tertiary/aromatic N) is 2. The number of hydrogen-bond acceptors (Lipinski definition) is 2. The van der Waals surface area contributed by atoms with Crippen molar-refractivity contribution >= 4 is 11.6 Å². The van der Waals surface area contributed by atoms with Crippen molar-refractivity contribution in [3.63, 3.8) is 0 Å². The molecule has 106 valence electrons. The molecule has 1 rings (SSSR count). The molecule has 0 spiro atoms. The second kappa shape index (κ2) is 9.83. The van der Waals surface area contributed by atoms with Crippen molar-refractivity contribution in [2.75, 3.05) is 6.54 Å². The van der Waals surface area contributed by atoms with E-state index in [-0.39, 0.29) is 0 Å². The van der Waals surface area contributed by atoms with Crippen LogP contribution in [0.4, 0.5) is 0 Å². The van der Waals surface area contributed by atoms with Gasteiger partial charge in [0.05, 0.1) is 6.07 Å². The molecule has 1 aromatic rings. The summed E-state index contributed by atoms with van der Waals surface area (Å²) in [6.45, 7) is 12.3. The maximum absolute atomic E-state index is 8.41. The minimum absolute atomic E-state index is 0.513. The lowest BCUT2D eigenvalue weighted by Gasteiger charge is -2.28. The van der Waals surface area contributed by atoms with Gasteiger partial charge >= 0.3 is 0 Å². The van der Waals surface area contributed by atoms with Crippen molar-refractivity contribution < 1.29 is 0 Å². The van der Waals surface area contributed by atoms with Crippen molar-refractivity contribution in [2.24, 2.45) is 0 Å². The molecule has 1 atom stereocenters. The van der Waals surface area contributed by atoms with E-state index in [2.05, 4.69) is 39.5 Å². The first kappa shape index (κ1) is 18.0. The van der Waals surface area contributed by atoms with E-state index < -0.39 is 5.38 Å². The van der Waals surface area contributed by atoms with E-state index in [9.17, 15) is 0 Å².